The first-order chi connectivity index (χ1) is 13.8. The molecule has 0 aromatic heterocycles. The maximum absolute atomic E-state index is 12.0. The van der Waals surface area contributed by atoms with E-state index in [2.05, 4.69) is 42.0 Å². The number of hydrogen-bond acceptors (Lipinski definition) is 5. The Morgan fingerprint density at radius 1 is 1.00 bits per heavy atom. The van der Waals surface area contributed by atoms with Gasteiger partial charge in [-0.25, -0.2) is 9.59 Å². The Bertz CT molecular complexity index is 830. The number of rotatable bonds is 7. The fraction of sp³-hybridized carbons (Fsp3) is 0.318. The second-order valence-corrected chi connectivity index (χ2v) is 7.35. The Labute approximate surface area is 170 Å². The van der Waals surface area contributed by atoms with E-state index in [-0.39, 0.29) is 25.7 Å². The molecule has 2 amide bonds. The Morgan fingerprint density at radius 3 is 2.17 bits per heavy atom. The van der Waals surface area contributed by atoms with Gasteiger partial charge in [-0.15, -0.1) is 0 Å². The van der Waals surface area contributed by atoms with Crippen LogP contribution in [-0.4, -0.2) is 37.5 Å². The van der Waals surface area contributed by atoms with Crippen molar-refractivity contribution in [1.29, 1.82) is 0 Å². The van der Waals surface area contributed by atoms with Crippen molar-refractivity contribution in [3.8, 4) is 11.1 Å². The molecule has 7 nitrogen and oxygen atoms in total. The number of ether oxygens (including phenoxy) is 2. The van der Waals surface area contributed by atoms with Gasteiger partial charge in [-0.3, -0.25) is 4.84 Å². The fourth-order valence-corrected chi connectivity index (χ4v) is 3.24. The van der Waals surface area contributed by atoms with Gasteiger partial charge in [0.2, 0.25) is 5.60 Å². The first kappa shape index (κ1) is 20.5. The highest BCUT2D eigenvalue weighted by Gasteiger charge is 2.29. The van der Waals surface area contributed by atoms with E-state index in [4.69, 9.17) is 14.3 Å². The standard InChI is InChI=1S/C22H24N2O5/c1-22(2,3)29-21(26)24-28-13-12-23-20(25)27-14-19-17-10-6-4-8-15(17)16-9-5-7-11-18(16)19/h4-11,19H,1,12-14H2,2-3H3,(H-,23,24,25,26)/p+1. The van der Waals surface area contributed by atoms with E-state index in [1.165, 1.54) is 11.1 Å². The molecule has 0 unspecified atom stereocenters. The summed E-state index contributed by atoms with van der Waals surface area (Å²) in [6.07, 6.45) is -1.29. The monoisotopic (exact) mass is 397 g/mol. The molecule has 2 aromatic carbocycles. The van der Waals surface area contributed by atoms with Crippen LogP contribution in [0, 0.1) is 6.92 Å². The molecule has 0 saturated carbocycles. The third-order valence-corrected chi connectivity index (χ3v) is 4.34. The number of amides is 2. The second kappa shape index (κ2) is 8.87. The van der Waals surface area contributed by atoms with Crippen molar-refractivity contribution < 1.29 is 23.9 Å². The van der Waals surface area contributed by atoms with Crippen LogP contribution in [0.3, 0.4) is 0 Å². The third-order valence-electron chi connectivity index (χ3n) is 4.34. The molecule has 7 heteroatoms. The largest absolute Gasteiger partial charge is 0.449 e. The van der Waals surface area contributed by atoms with E-state index in [0.717, 1.165) is 11.1 Å². The summed E-state index contributed by atoms with van der Waals surface area (Å²) in [5.41, 5.74) is 5.92. The normalized spacial score (nSPS) is 12.6. The maximum atomic E-state index is 12.0. The lowest BCUT2D eigenvalue weighted by Gasteiger charge is -2.15. The molecule has 0 aliphatic heterocycles. The van der Waals surface area contributed by atoms with Crippen LogP contribution in [0.2, 0.25) is 0 Å². The molecule has 152 valence electrons. The minimum absolute atomic E-state index is 0.00634. The number of hydrogen-bond donors (Lipinski definition) is 2. The highest BCUT2D eigenvalue weighted by atomic mass is 16.7. The molecule has 0 radical (unpaired) electrons. The zero-order chi connectivity index (χ0) is 20.9. The minimum Gasteiger partial charge on any atom is -0.449 e. The average Bonchev–Trinajstić information content (AvgIpc) is 2.99. The first-order valence-corrected chi connectivity index (χ1v) is 9.40. The Kier molecular flexibility index (Phi) is 6.29. The van der Waals surface area contributed by atoms with Crippen molar-refractivity contribution in [2.24, 2.45) is 0 Å². The van der Waals surface area contributed by atoms with Crippen molar-refractivity contribution in [3.63, 3.8) is 0 Å². The van der Waals surface area contributed by atoms with Gasteiger partial charge in [0.15, 0.2) is 0 Å². The first-order valence-electron chi connectivity index (χ1n) is 9.40. The summed E-state index contributed by atoms with van der Waals surface area (Å²) in [7, 11) is 0. The van der Waals surface area contributed by atoms with Gasteiger partial charge in [0, 0.05) is 26.3 Å². The molecule has 0 saturated heterocycles. The molecule has 0 heterocycles. The number of carbonyl (C=O) groups is 2. The van der Waals surface area contributed by atoms with E-state index < -0.39 is 17.8 Å². The predicted octanol–water partition coefficient (Wildman–Crippen LogP) is 3.80. The summed E-state index contributed by atoms with van der Waals surface area (Å²) in [4.78, 5) is 28.3. The number of alkyl carbamates (subject to hydrolysis) is 1. The van der Waals surface area contributed by atoms with Crippen molar-refractivity contribution in [1.82, 2.24) is 10.8 Å². The summed E-state index contributed by atoms with van der Waals surface area (Å²) in [6, 6.07) is 16.3. The zero-order valence-electron chi connectivity index (χ0n) is 16.6. The Morgan fingerprint density at radius 2 is 1.59 bits per heavy atom. The number of benzene rings is 2. The molecule has 1 aliphatic rings. The molecule has 3 rings (SSSR count). The topological polar surface area (TPSA) is 85.9 Å². The summed E-state index contributed by atoms with van der Waals surface area (Å²) < 4.78 is 10.3. The van der Waals surface area contributed by atoms with E-state index in [9.17, 15) is 9.59 Å². The minimum atomic E-state index is -0.854. The van der Waals surface area contributed by atoms with Crippen LogP contribution in [0.15, 0.2) is 48.5 Å². The van der Waals surface area contributed by atoms with Gasteiger partial charge in [0.05, 0.1) is 6.61 Å². The maximum Gasteiger partial charge on any atom is 0.435 e. The molecule has 2 N–H and O–H groups in total. The molecule has 0 fully saturated rings. The highest BCUT2D eigenvalue weighted by molar-refractivity contribution is 5.79. The van der Waals surface area contributed by atoms with Gasteiger partial charge in [0.25, 0.3) is 0 Å². The highest BCUT2D eigenvalue weighted by Crippen LogP contribution is 2.44. The molecule has 0 bridgehead atoms. The molecule has 0 spiro atoms. The van der Waals surface area contributed by atoms with Crippen LogP contribution in [0.5, 0.6) is 0 Å². The van der Waals surface area contributed by atoms with Crippen LogP contribution in [-0.2, 0) is 14.3 Å². The van der Waals surface area contributed by atoms with Crippen molar-refractivity contribution >= 4 is 12.2 Å². The number of hydroxylamine groups is 1. The Balaban J connectivity index is 1.42. The van der Waals surface area contributed by atoms with Gasteiger partial charge in [-0.05, 0) is 22.3 Å². The molecule has 29 heavy (non-hydrogen) atoms. The van der Waals surface area contributed by atoms with Crippen LogP contribution in [0.4, 0.5) is 9.59 Å². The zero-order valence-corrected chi connectivity index (χ0v) is 16.6. The average molecular weight is 397 g/mol. The number of nitrogens with one attached hydrogen (secondary N) is 2. The van der Waals surface area contributed by atoms with Gasteiger partial charge in [0.1, 0.15) is 13.5 Å². The summed E-state index contributed by atoms with van der Waals surface area (Å²) in [5.74, 6) is 0.00634. The number of carbonyl (C=O) groups excluding carboxylic acids is 2. The van der Waals surface area contributed by atoms with Gasteiger partial charge < -0.3 is 14.8 Å². The molecule has 0 atom stereocenters. The SMILES string of the molecule is [CH2+]C(C)(C)OC(=O)NOCCNC(=O)OCC1c2ccccc2-c2ccccc21. The van der Waals surface area contributed by atoms with E-state index >= 15 is 0 Å². The molecular weight excluding hydrogens is 372 g/mol. The van der Waals surface area contributed by atoms with Crippen molar-refractivity contribution in [2.75, 3.05) is 19.8 Å². The van der Waals surface area contributed by atoms with Gasteiger partial charge in [-0.1, -0.05) is 48.5 Å². The van der Waals surface area contributed by atoms with E-state index in [1.807, 2.05) is 24.3 Å². The summed E-state index contributed by atoms with van der Waals surface area (Å²) in [6.45, 7) is 7.41. The molecule has 2 aromatic rings. The smallest absolute Gasteiger partial charge is 0.435 e. The Hall–Kier alpha value is -3.19. The lowest BCUT2D eigenvalue weighted by Crippen LogP contribution is -2.35. The summed E-state index contributed by atoms with van der Waals surface area (Å²) in [5, 5.41) is 2.59. The van der Waals surface area contributed by atoms with Crippen LogP contribution >= 0.6 is 0 Å². The quantitative estimate of drug-likeness (QED) is 0.422. The lowest BCUT2D eigenvalue weighted by atomic mass is 9.98. The van der Waals surface area contributed by atoms with Crippen LogP contribution < -0.4 is 10.8 Å². The summed E-state index contributed by atoms with van der Waals surface area (Å²) >= 11 is 0. The number of fused-ring (bicyclic) bond motifs is 3. The van der Waals surface area contributed by atoms with E-state index in [0.29, 0.717) is 0 Å². The molecule has 1 aliphatic carbocycles. The second-order valence-electron chi connectivity index (χ2n) is 7.35. The van der Waals surface area contributed by atoms with Crippen molar-refractivity contribution in [3.05, 3.63) is 66.6 Å². The van der Waals surface area contributed by atoms with Gasteiger partial charge in [-0.2, -0.15) is 5.48 Å². The molecular formula is C22H25N2O5+. The third kappa shape index (κ3) is 5.42. The van der Waals surface area contributed by atoms with Crippen molar-refractivity contribution in [2.45, 2.75) is 25.4 Å². The predicted molar refractivity (Wildman–Crippen MR) is 108 cm³/mol. The lowest BCUT2D eigenvalue weighted by molar-refractivity contribution is 0.00143. The van der Waals surface area contributed by atoms with Crippen LogP contribution in [0.1, 0.15) is 30.9 Å². The van der Waals surface area contributed by atoms with Crippen LogP contribution in [0.25, 0.3) is 11.1 Å². The van der Waals surface area contributed by atoms with E-state index in [1.54, 1.807) is 13.8 Å². The fourth-order valence-electron chi connectivity index (χ4n) is 3.24. The van der Waals surface area contributed by atoms with Gasteiger partial charge >= 0.3 is 12.2 Å².